The lowest BCUT2D eigenvalue weighted by atomic mass is 10.0. The molecular weight excluding hydrogens is 200 g/mol. The second kappa shape index (κ2) is 3.52. The van der Waals surface area contributed by atoms with Crippen molar-refractivity contribution in [1.29, 1.82) is 5.26 Å². The molecule has 0 bridgehead atoms. The molecule has 0 radical (unpaired) electrons. The van der Waals surface area contributed by atoms with E-state index in [0.717, 1.165) is 0 Å². The highest BCUT2D eigenvalue weighted by atomic mass is 32.2. The van der Waals surface area contributed by atoms with Crippen LogP contribution in [-0.4, -0.2) is 43.5 Å². The first kappa shape index (κ1) is 11.5. The van der Waals surface area contributed by atoms with E-state index < -0.39 is 15.4 Å². The fourth-order valence-corrected chi connectivity index (χ4v) is 3.39. The Morgan fingerprint density at radius 1 is 1.50 bits per heavy atom. The van der Waals surface area contributed by atoms with E-state index in [4.69, 9.17) is 5.26 Å². The minimum atomic E-state index is -2.86. The second-order valence-electron chi connectivity index (χ2n) is 4.34. The van der Waals surface area contributed by atoms with Crippen molar-refractivity contribution in [2.24, 2.45) is 0 Å². The van der Waals surface area contributed by atoms with Gasteiger partial charge in [0.25, 0.3) is 0 Å². The topological polar surface area (TPSA) is 61.2 Å². The Morgan fingerprint density at radius 3 is 2.43 bits per heavy atom. The molecule has 1 aliphatic heterocycles. The van der Waals surface area contributed by atoms with Gasteiger partial charge >= 0.3 is 0 Å². The number of nitrogens with zero attached hydrogens (tertiary/aromatic N) is 2. The highest BCUT2D eigenvalue weighted by Crippen LogP contribution is 2.22. The molecule has 0 N–H and O–H groups in total. The van der Waals surface area contributed by atoms with Crippen LogP contribution in [0.5, 0.6) is 0 Å². The van der Waals surface area contributed by atoms with Gasteiger partial charge in [-0.15, -0.1) is 0 Å². The lowest BCUT2D eigenvalue weighted by molar-refractivity contribution is 0.159. The summed E-state index contributed by atoms with van der Waals surface area (Å²) < 4.78 is 22.5. The number of hydrogen-bond donors (Lipinski definition) is 0. The fourth-order valence-electron chi connectivity index (χ4n) is 1.62. The van der Waals surface area contributed by atoms with Gasteiger partial charge in [-0.25, -0.2) is 8.42 Å². The Kier molecular flexibility index (Phi) is 2.88. The standard InChI is InChI=1S/C9H16N2O2S/c1-9(2,7-10)11(3)8-4-5-14(12,13)6-8/h8H,4-6H2,1-3H3. The molecule has 1 unspecified atom stereocenters. The van der Waals surface area contributed by atoms with Gasteiger partial charge in [-0.2, -0.15) is 5.26 Å². The van der Waals surface area contributed by atoms with Crippen LogP contribution in [0.4, 0.5) is 0 Å². The summed E-state index contributed by atoms with van der Waals surface area (Å²) in [5, 5.41) is 8.91. The van der Waals surface area contributed by atoms with Gasteiger partial charge in [0.2, 0.25) is 0 Å². The summed E-state index contributed by atoms with van der Waals surface area (Å²) in [5.74, 6) is 0.443. The van der Waals surface area contributed by atoms with Crippen molar-refractivity contribution in [3.63, 3.8) is 0 Å². The van der Waals surface area contributed by atoms with Crippen LogP contribution in [0.25, 0.3) is 0 Å². The van der Waals surface area contributed by atoms with Gasteiger partial charge in [-0.05, 0) is 27.3 Å². The Morgan fingerprint density at radius 2 is 2.07 bits per heavy atom. The lowest BCUT2D eigenvalue weighted by Gasteiger charge is -2.33. The molecule has 5 heteroatoms. The minimum absolute atomic E-state index is 0.00495. The summed E-state index contributed by atoms with van der Waals surface area (Å²) in [4.78, 5) is 1.86. The quantitative estimate of drug-likeness (QED) is 0.670. The van der Waals surface area contributed by atoms with E-state index in [9.17, 15) is 8.42 Å². The number of sulfone groups is 1. The average molecular weight is 216 g/mol. The molecule has 0 aromatic heterocycles. The van der Waals surface area contributed by atoms with Crippen LogP contribution in [0.1, 0.15) is 20.3 Å². The molecule has 1 rings (SSSR count). The van der Waals surface area contributed by atoms with E-state index in [1.54, 1.807) is 13.8 Å². The van der Waals surface area contributed by atoms with Crippen molar-refractivity contribution < 1.29 is 8.42 Å². The maximum Gasteiger partial charge on any atom is 0.151 e. The monoisotopic (exact) mass is 216 g/mol. The molecule has 0 aliphatic carbocycles. The van der Waals surface area contributed by atoms with E-state index in [2.05, 4.69) is 6.07 Å². The lowest BCUT2D eigenvalue weighted by Crippen LogP contribution is -2.46. The summed E-state index contributed by atoms with van der Waals surface area (Å²) in [7, 11) is -1.05. The molecule has 14 heavy (non-hydrogen) atoms. The summed E-state index contributed by atoms with van der Waals surface area (Å²) in [6, 6.07) is 2.17. The van der Waals surface area contributed by atoms with Crippen molar-refractivity contribution in [2.75, 3.05) is 18.6 Å². The zero-order valence-corrected chi connectivity index (χ0v) is 9.63. The molecule has 1 aliphatic rings. The first-order valence-corrected chi connectivity index (χ1v) is 6.45. The van der Waals surface area contributed by atoms with Crippen LogP contribution >= 0.6 is 0 Å². The zero-order chi connectivity index (χ0) is 11.0. The highest BCUT2D eigenvalue weighted by Gasteiger charge is 2.36. The SMILES string of the molecule is CN(C1CCS(=O)(=O)C1)C(C)(C)C#N. The van der Waals surface area contributed by atoms with Crippen LogP contribution in [0, 0.1) is 11.3 Å². The van der Waals surface area contributed by atoms with Crippen molar-refractivity contribution in [3.05, 3.63) is 0 Å². The van der Waals surface area contributed by atoms with Crippen LogP contribution in [0.15, 0.2) is 0 Å². The molecular formula is C9H16N2O2S. The van der Waals surface area contributed by atoms with Gasteiger partial charge in [0, 0.05) is 6.04 Å². The Bertz CT molecular complexity index is 353. The molecule has 1 fully saturated rings. The van der Waals surface area contributed by atoms with E-state index in [1.807, 2.05) is 11.9 Å². The Hall–Kier alpha value is -0.600. The van der Waals surface area contributed by atoms with Crippen LogP contribution < -0.4 is 0 Å². The van der Waals surface area contributed by atoms with Crippen LogP contribution in [-0.2, 0) is 9.84 Å². The predicted molar refractivity (Wildman–Crippen MR) is 54.5 cm³/mol. The largest absolute Gasteiger partial charge is 0.285 e. The van der Waals surface area contributed by atoms with E-state index in [-0.39, 0.29) is 17.5 Å². The maximum absolute atomic E-state index is 11.3. The molecule has 4 nitrogen and oxygen atoms in total. The molecule has 0 amide bonds. The molecule has 80 valence electrons. The third kappa shape index (κ3) is 2.25. The summed E-state index contributed by atoms with van der Waals surface area (Å²) in [6.45, 7) is 3.61. The van der Waals surface area contributed by atoms with Crippen LogP contribution in [0.2, 0.25) is 0 Å². The van der Waals surface area contributed by atoms with Crippen molar-refractivity contribution in [1.82, 2.24) is 4.90 Å². The molecule has 0 aromatic rings. The summed E-state index contributed by atoms with van der Waals surface area (Å²) >= 11 is 0. The molecule has 1 heterocycles. The third-order valence-corrected chi connectivity index (χ3v) is 4.66. The van der Waals surface area contributed by atoms with E-state index >= 15 is 0 Å². The molecule has 1 atom stereocenters. The van der Waals surface area contributed by atoms with Gasteiger partial charge in [0.05, 0.1) is 17.6 Å². The summed E-state index contributed by atoms with van der Waals surface area (Å²) in [6.07, 6.45) is 0.643. The average Bonchev–Trinajstić information content (AvgIpc) is 2.44. The normalized spacial score (nSPS) is 26.4. The second-order valence-corrected chi connectivity index (χ2v) is 6.57. The van der Waals surface area contributed by atoms with Crippen molar-refractivity contribution >= 4 is 9.84 Å². The van der Waals surface area contributed by atoms with Gasteiger partial charge in [-0.1, -0.05) is 0 Å². The summed E-state index contributed by atoms with van der Waals surface area (Å²) in [5.41, 5.74) is -0.593. The van der Waals surface area contributed by atoms with Gasteiger partial charge < -0.3 is 0 Å². The number of rotatable bonds is 2. The van der Waals surface area contributed by atoms with Gasteiger partial charge in [-0.3, -0.25) is 4.90 Å². The number of hydrogen-bond acceptors (Lipinski definition) is 4. The molecule has 0 saturated carbocycles. The van der Waals surface area contributed by atoms with Gasteiger partial charge in [0.1, 0.15) is 5.54 Å². The molecule has 0 aromatic carbocycles. The molecule has 0 spiro atoms. The first-order valence-electron chi connectivity index (χ1n) is 4.63. The highest BCUT2D eigenvalue weighted by molar-refractivity contribution is 7.91. The predicted octanol–water partition coefficient (Wildman–Crippen LogP) is 0.407. The van der Waals surface area contributed by atoms with Crippen molar-refractivity contribution in [3.8, 4) is 6.07 Å². The minimum Gasteiger partial charge on any atom is -0.285 e. The Labute approximate surface area is 85.4 Å². The van der Waals surface area contributed by atoms with Crippen molar-refractivity contribution in [2.45, 2.75) is 31.8 Å². The fraction of sp³-hybridized carbons (Fsp3) is 0.889. The molecule has 1 saturated heterocycles. The Balaban J connectivity index is 2.75. The smallest absolute Gasteiger partial charge is 0.151 e. The van der Waals surface area contributed by atoms with Gasteiger partial charge in [0.15, 0.2) is 9.84 Å². The van der Waals surface area contributed by atoms with Crippen LogP contribution in [0.3, 0.4) is 0 Å². The zero-order valence-electron chi connectivity index (χ0n) is 8.82. The number of nitriles is 1. The third-order valence-electron chi connectivity index (χ3n) is 2.91. The van der Waals surface area contributed by atoms with E-state index in [0.29, 0.717) is 6.42 Å². The first-order chi connectivity index (χ1) is 6.28. The maximum atomic E-state index is 11.3. The van der Waals surface area contributed by atoms with E-state index in [1.165, 1.54) is 0 Å².